The molecule has 0 fully saturated rings. The maximum atomic E-state index is 10.6. The van der Waals surface area contributed by atoms with E-state index in [9.17, 15) is 4.79 Å². The Kier molecular flexibility index (Phi) is 9.67. The van der Waals surface area contributed by atoms with E-state index in [-0.39, 0.29) is 5.24 Å². The van der Waals surface area contributed by atoms with E-state index in [2.05, 4.69) is 32.9 Å². The fourth-order valence-electron chi connectivity index (χ4n) is 1.59. The van der Waals surface area contributed by atoms with E-state index >= 15 is 0 Å². The highest BCUT2D eigenvalue weighted by Gasteiger charge is 1.94. The van der Waals surface area contributed by atoms with Crippen LogP contribution in [0.5, 0.6) is 0 Å². The lowest BCUT2D eigenvalue weighted by molar-refractivity contribution is -0.110. The Bertz CT molecular complexity index is 344. The van der Waals surface area contributed by atoms with E-state index in [1.807, 2.05) is 13.0 Å². The summed E-state index contributed by atoms with van der Waals surface area (Å²) in [6.45, 7) is 8.49. The maximum Gasteiger partial charge on any atom is 0.225 e. The van der Waals surface area contributed by atoms with Crippen molar-refractivity contribution >= 4 is 16.8 Å². The molecule has 0 heterocycles. The highest BCUT2D eigenvalue weighted by Crippen LogP contribution is 2.11. The number of hydrogen-bond acceptors (Lipinski definition) is 1. The van der Waals surface area contributed by atoms with Gasteiger partial charge in [-0.15, -0.1) is 0 Å². The number of halogens is 1. The molecule has 0 unspecified atom stereocenters. The van der Waals surface area contributed by atoms with Crippen LogP contribution in [-0.4, -0.2) is 5.24 Å². The molecule has 0 aliphatic heterocycles. The molecule has 0 bridgehead atoms. The molecule has 18 heavy (non-hydrogen) atoms. The third-order valence-corrected chi connectivity index (χ3v) is 2.89. The Morgan fingerprint density at radius 1 is 0.889 bits per heavy atom. The molecule has 0 aliphatic rings. The Morgan fingerprint density at radius 2 is 1.39 bits per heavy atom. The number of carbonyl (C=O) groups excluding carboxylic acids is 1. The first-order valence-electron chi connectivity index (χ1n) is 6.54. The molecule has 0 aromatic carbocycles. The largest absolute Gasteiger partial charge is 0.281 e. The summed E-state index contributed by atoms with van der Waals surface area (Å²) in [5.41, 5.74) is 4.05. The minimum absolute atomic E-state index is 0.289. The molecule has 0 saturated carbocycles. The molecule has 1 nitrogen and oxygen atoms in total. The number of rotatable bonds is 8. The number of hydrogen-bond donors (Lipinski definition) is 0. The Morgan fingerprint density at radius 3 is 1.89 bits per heavy atom. The fourth-order valence-corrected chi connectivity index (χ4v) is 1.67. The van der Waals surface area contributed by atoms with Crippen LogP contribution in [0.3, 0.4) is 0 Å². The molecule has 102 valence electrons. The summed E-state index contributed by atoms with van der Waals surface area (Å²) >= 11 is 5.29. The zero-order valence-corrected chi connectivity index (χ0v) is 12.8. The minimum Gasteiger partial charge on any atom is -0.281 e. The number of carbonyl (C=O) groups is 1. The van der Waals surface area contributed by atoms with Crippen molar-refractivity contribution in [2.75, 3.05) is 0 Å². The summed E-state index contributed by atoms with van der Waals surface area (Å²) in [5.74, 6) is 0. The van der Waals surface area contributed by atoms with E-state index < -0.39 is 0 Å². The molecule has 2 heteroatoms. The molecular formula is C16H25ClO. The van der Waals surface area contributed by atoms with E-state index in [1.165, 1.54) is 16.7 Å². The van der Waals surface area contributed by atoms with Gasteiger partial charge in [-0.3, -0.25) is 4.79 Å². The Balaban J connectivity index is 3.89. The summed E-state index contributed by atoms with van der Waals surface area (Å²) in [6, 6.07) is 0. The molecule has 0 aliphatic carbocycles. The van der Waals surface area contributed by atoms with Crippen LogP contribution in [0.2, 0.25) is 0 Å². The van der Waals surface area contributed by atoms with Gasteiger partial charge >= 0.3 is 0 Å². The molecule has 0 radical (unpaired) electrons. The monoisotopic (exact) mass is 268 g/mol. The van der Waals surface area contributed by atoms with Crippen LogP contribution in [0, 0.1) is 0 Å². The average molecular weight is 269 g/mol. The predicted octanol–water partition coefficient (Wildman–Crippen LogP) is 5.56. The second-order valence-corrected chi connectivity index (χ2v) is 5.44. The fraction of sp³-hybridized carbons (Fsp3) is 0.562. The zero-order valence-electron chi connectivity index (χ0n) is 12.1. The molecule has 0 aromatic heterocycles. The van der Waals surface area contributed by atoms with Crippen molar-refractivity contribution in [2.45, 2.75) is 59.8 Å². The van der Waals surface area contributed by atoms with Gasteiger partial charge in [0.15, 0.2) is 0 Å². The minimum atomic E-state index is -0.289. The number of allylic oxidation sites excluding steroid dienone is 6. The van der Waals surface area contributed by atoms with E-state index in [1.54, 1.807) is 0 Å². The first kappa shape index (κ1) is 17.2. The third-order valence-electron chi connectivity index (χ3n) is 2.73. The lowest BCUT2D eigenvalue weighted by atomic mass is 10.1. The molecule has 0 amide bonds. The SMILES string of the molecule is CC(C)=CCC/C(C)=C/CC/C(C)=C/CC(=O)Cl. The van der Waals surface area contributed by atoms with Crippen molar-refractivity contribution < 1.29 is 4.79 Å². The Hall–Kier alpha value is -0.820. The topological polar surface area (TPSA) is 17.1 Å². The predicted molar refractivity (Wildman–Crippen MR) is 80.9 cm³/mol. The van der Waals surface area contributed by atoms with Crippen LogP contribution in [-0.2, 0) is 4.79 Å². The quantitative estimate of drug-likeness (QED) is 0.416. The molecule has 0 rings (SSSR count). The molecule has 0 N–H and O–H groups in total. The normalized spacial score (nSPS) is 12.5. The lowest BCUT2D eigenvalue weighted by Gasteiger charge is -2.01. The summed E-state index contributed by atoms with van der Waals surface area (Å²) in [6.07, 6.45) is 11.1. The first-order valence-corrected chi connectivity index (χ1v) is 6.92. The van der Waals surface area contributed by atoms with Crippen molar-refractivity contribution in [3.63, 3.8) is 0 Å². The van der Waals surface area contributed by atoms with Crippen LogP contribution in [0.4, 0.5) is 0 Å². The molecule has 0 atom stereocenters. The standard InChI is InChI=1S/C16H25ClO/c1-13(2)7-5-8-14(3)9-6-10-15(4)11-12-16(17)18/h7,9,11H,5-6,8,10,12H2,1-4H3/b14-9+,15-11+. The van der Waals surface area contributed by atoms with Crippen molar-refractivity contribution in [1.82, 2.24) is 0 Å². The van der Waals surface area contributed by atoms with Gasteiger partial charge in [-0.1, -0.05) is 34.9 Å². The van der Waals surface area contributed by atoms with Crippen LogP contribution in [0.15, 0.2) is 34.9 Å². The van der Waals surface area contributed by atoms with Crippen molar-refractivity contribution in [3.8, 4) is 0 Å². The van der Waals surface area contributed by atoms with Crippen LogP contribution >= 0.6 is 11.6 Å². The van der Waals surface area contributed by atoms with Gasteiger partial charge in [-0.05, 0) is 65.0 Å². The maximum absolute atomic E-state index is 10.6. The summed E-state index contributed by atoms with van der Waals surface area (Å²) < 4.78 is 0. The average Bonchev–Trinajstić information content (AvgIpc) is 2.25. The van der Waals surface area contributed by atoms with Crippen molar-refractivity contribution in [1.29, 1.82) is 0 Å². The zero-order chi connectivity index (χ0) is 14.0. The van der Waals surface area contributed by atoms with E-state index in [4.69, 9.17) is 11.6 Å². The van der Waals surface area contributed by atoms with E-state index in [0.717, 1.165) is 25.7 Å². The van der Waals surface area contributed by atoms with Gasteiger partial charge in [0.1, 0.15) is 0 Å². The second kappa shape index (κ2) is 10.1. The van der Waals surface area contributed by atoms with E-state index in [0.29, 0.717) is 6.42 Å². The summed E-state index contributed by atoms with van der Waals surface area (Å²) in [4.78, 5) is 10.6. The highest BCUT2D eigenvalue weighted by molar-refractivity contribution is 6.63. The van der Waals surface area contributed by atoms with Gasteiger partial charge in [0.25, 0.3) is 0 Å². The van der Waals surface area contributed by atoms with Gasteiger partial charge in [0, 0.05) is 6.42 Å². The van der Waals surface area contributed by atoms with Crippen LogP contribution < -0.4 is 0 Å². The molecule has 0 spiro atoms. The van der Waals surface area contributed by atoms with Crippen molar-refractivity contribution in [2.24, 2.45) is 0 Å². The lowest BCUT2D eigenvalue weighted by Crippen LogP contribution is -1.84. The first-order chi connectivity index (χ1) is 8.41. The Labute approximate surface area is 117 Å². The van der Waals surface area contributed by atoms with Gasteiger partial charge in [-0.2, -0.15) is 0 Å². The van der Waals surface area contributed by atoms with Crippen LogP contribution in [0.1, 0.15) is 59.8 Å². The summed E-state index contributed by atoms with van der Waals surface area (Å²) in [7, 11) is 0. The highest BCUT2D eigenvalue weighted by atomic mass is 35.5. The smallest absolute Gasteiger partial charge is 0.225 e. The van der Waals surface area contributed by atoms with Gasteiger partial charge < -0.3 is 0 Å². The van der Waals surface area contributed by atoms with Gasteiger partial charge in [-0.25, -0.2) is 0 Å². The van der Waals surface area contributed by atoms with Crippen molar-refractivity contribution in [3.05, 3.63) is 34.9 Å². The molecule has 0 aromatic rings. The summed E-state index contributed by atoms with van der Waals surface area (Å²) in [5, 5.41) is -0.289. The third kappa shape index (κ3) is 11.7. The second-order valence-electron chi connectivity index (χ2n) is 5.02. The van der Waals surface area contributed by atoms with Gasteiger partial charge in [0.2, 0.25) is 5.24 Å². The molecule has 0 saturated heterocycles. The van der Waals surface area contributed by atoms with Gasteiger partial charge in [0.05, 0.1) is 0 Å². The molecular weight excluding hydrogens is 244 g/mol. The van der Waals surface area contributed by atoms with Crippen LogP contribution in [0.25, 0.3) is 0 Å².